The van der Waals surface area contributed by atoms with E-state index in [1.165, 1.54) is 0 Å². The molecule has 2 N–H and O–H groups in total. The van der Waals surface area contributed by atoms with Gasteiger partial charge in [0, 0.05) is 17.0 Å². The number of para-hydroxylation sites is 1. The number of nitrogens with one attached hydrogen (secondary N) is 2. The summed E-state index contributed by atoms with van der Waals surface area (Å²) in [4.78, 5) is 24.5. The van der Waals surface area contributed by atoms with E-state index in [1.54, 1.807) is 24.3 Å². The monoisotopic (exact) mass is 345 g/mol. The number of esters is 1. The number of aromatic nitrogens is 2. The smallest absolute Gasteiger partial charge is 0.333 e. The van der Waals surface area contributed by atoms with E-state index in [9.17, 15) is 18.4 Å². The molecule has 1 heterocycles. The van der Waals surface area contributed by atoms with Crippen molar-refractivity contribution in [1.82, 2.24) is 15.5 Å². The normalized spacial score (nSPS) is 12.0. The van der Waals surface area contributed by atoms with E-state index in [-0.39, 0.29) is 11.3 Å². The molecule has 1 amide bonds. The van der Waals surface area contributed by atoms with Crippen LogP contribution in [0.25, 0.3) is 10.9 Å². The van der Waals surface area contributed by atoms with Gasteiger partial charge >= 0.3 is 5.97 Å². The van der Waals surface area contributed by atoms with Crippen molar-refractivity contribution >= 4 is 22.8 Å². The Balaban J connectivity index is 1.95. The molecule has 0 aliphatic heterocycles. The van der Waals surface area contributed by atoms with Crippen molar-refractivity contribution in [3.63, 3.8) is 0 Å². The fourth-order valence-electron chi connectivity index (χ4n) is 2.45. The molecule has 0 aliphatic rings. The molecule has 3 aromatic rings. The average Bonchev–Trinajstić information content (AvgIpc) is 3.03. The van der Waals surface area contributed by atoms with Gasteiger partial charge in [0.2, 0.25) is 0 Å². The van der Waals surface area contributed by atoms with Gasteiger partial charge in [-0.05, 0) is 12.1 Å². The van der Waals surface area contributed by atoms with Crippen molar-refractivity contribution < 1.29 is 23.1 Å². The third-order valence-electron chi connectivity index (χ3n) is 3.67. The molecule has 0 fully saturated rings. The molecule has 0 spiro atoms. The van der Waals surface area contributed by atoms with Crippen LogP contribution in [0.4, 0.5) is 8.78 Å². The molecule has 0 saturated carbocycles. The van der Waals surface area contributed by atoms with Crippen LogP contribution < -0.4 is 5.32 Å². The Bertz CT molecular complexity index is 955. The van der Waals surface area contributed by atoms with Crippen LogP contribution in [0.5, 0.6) is 0 Å². The van der Waals surface area contributed by atoms with Gasteiger partial charge < -0.3 is 10.1 Å². The summed E-state index contributed by atoms with van der Waals surface area (Å²) in [5.41, 5.74) is 0.476. The van der Waals surface area contributed by atoms with Gasteiger partial charge in [0.05, 0.1) is 12.6 Å². The molecular weight excluding hydrogens is 332 g/mol. The molecule has 0 aliphatic carbocycles. The summed E-state index contributed by atoms with van der Waals surface area (Å²) in [7, 11) is 1.10. The minimum Gasteiger partial charge on any atom is -0.467 e. The molecular formula is C17H13F2N3O3. The fraction of sp³-hybridized carbons (Fsp3) is 0.118. The minimum absolute atomic E-state index is 0.0482. The summed E-state index contributed by atoms with van der Waals surface area (Å²) in [5, 5.41) is 9.54. The highest BCUT2D eigenvalue weighted by molar-refractivity contribution is 6.05. The van der Waals surface area contributed by atoms with Crippen LogP contribution in [0.2, 0.25) is 0 Å². The Morgan fingerprint density at radius 1 is 1.20 bits per heavy atom. The van der Waals surface area contributed by atoms with Crippen molar-refractivity contribution in [3.8, 4) is 0 Å². The summed E-state index contributed by atoms with van der Waals surface area (Å²) in [5.74, 6) is -3.35. The zero-order valence-electron chi connectivity index (χ0n) is 13.0. The fourth-order valence-corrected chi connectivity index (χ4v) is 2.45. The van der Waals surface area contributed by atoms with Gasteiger partial charge in [-0.1, -0.05) is 24.3 Å². The zero-order chi connectivity index (χ0) is 18.0. The molecule has 1 atom stereocenters. The maximum absolute atomic E-state index is 14.0. The number of methoxy groups -OCH3 is 1. The molecule has 0 bridgehead atoms. The predicted octanol–water partition coefficient (Wildman–Crippen LogP) is 2.49. The second-order valence-electron chi connectivity index (χ2n) is 5.21. The number of amides is 1. The molecule has 0 saturated heterocycles. The van der Waals surface area contributed by atoms with Gasteiger partial charge in [-0.25, -0.2) is 13.6 Å². The van der Waals surface area contributed by atoms with E-state index in [4.69, 9.17) is 0 Å². The lowest BCUT2D eigenvalue weighted by Crippen LogP contribution is -2.35. The topological polar surface area (TPSA) is 84.1 Å². The molecule has 3 rings (SSSR count). The largest absolute Gasteiger partial charge is 0.467 e. The number of fused-ring (bicyclic) bond motifs is 1. The van der Waals surface area contributed by atoms with E-state index in [1.807, 2.05) is 0 Å². The second kappa shape index (κ2) is 6.68. The third-order valence-corrected chi connectivity index (χ3v) is 3.67. The number of carbonyl (C=O) groups is 2. The first-order chi connectivity index (χ1) is 12.0. The molecule has 25 heavy (non-hydrogen) atoms. The number of hydrogen-bond donors (Lipinski definition) is 2. The summed E-state index contributed by atoms with van der Waals surface area (Å²) < 4.78 is 31.7. The summed E-state index contributed by atoms with van der Waals surface area (Å²) in [6.45, 7) is 0. The van der Waals surface area contributed by atoms with Crippen LogP contribution in [0.3, 0.4) is 0 Å². The van der Waals surface area contributed by atoms with Gasteiger partial charge in [0.15, 0.2) is 11.7 Å². The minimum atomic E-state index is -1.44. The number of halogens is 2. The van der Waals surface area contributed by atoms with Crippen molar-refractivity contribution in [1.29, 1.82) is 0 Å². The van der Waals surface area contributed by atoms with Crippen LogP contribution in [0, 0.1) is 11.6 Å². The molecule has 0 unspecified atom stereocenters. The SMILES string of the molecule is COC(=O)[C@@H](NC(=O)c1n[nH]c2ccccc12)c1ccc(F)cc1F. The molecule has 8 heteroatoms. The number of H-pyrrole nitrogens is 1. The number of rotatable bonds is 4. The first-order valence-corrected chi connectivity index (χ1v) is 7.28. The van der Waals surface area contributed by atoms with Crippen molar-refractivity contribution in [3.05, 3.63) is 65.4 Å². The highest BCUT2D eigenvalue weighted by Gasteiger charge is 2.28. The number of ether oxygens (including phenoxy) is 1. The Morgan fingerprint density at radius 2 is 1.96 bits per heavy atom. The summed E-state index contributed by atoms with van der Waals surface area (Å²) in [6, 6.07) is 8.17. The zero-order valence-corrected chi connectivity index (χ0v) is 13.0. The molecule has 6 nitrogen and oxygen atoms in total. The van der Waals surface area contributed by atoms with Crippen LogP contribution in [0.1, 0.15) is 22.1 Å². The molecule has 0 radical (unpaired) electrons. The van der Waals surface area contributed by atoms with Crippen LogP contribution >= 0.6 is 0 Å². The first kappa shape index (κ1) is 16.6. The van der Waals surface area contributed by atoms with Crippen LogP contribution in [-0.2, 0) is 9.53 Å². The van der Waals surface area contributed by atoms with Gasteiger partial charge in [-0.3, -0.25) is 9.89 Å². The number of benzene rings is 2. The molecule has 128 valence electrons. The van der Waals surface area contributed by atoms with E-state index in [0.29, 0.717) is 17.0 Å². The van der Waals surface area contributed by atoms with E-state index >= 15 is 0 Å². The number of hydrogen-bond acceptors (Lipinski definition) is 4. The van der Waals surface area contributed by atoms with E-state index < -0.39 is 29.6 Å². The van der Waals surface area contributed by atoms with Crippen molar-refractivity contribution in [2.45, 2.75) is 6.04 Å². The highest BCUT2D eigenvalue weighted by atomic mass is 19.1. The van der Waals surface area contributed by atoms with E-state index in [0.717, 1.165) is 19.2 Å². The van der Waals surface area contributed by atoms with Gasteiger partial charge in [0.25, 0.3) is 5.91 Å². The number of carbonyl (C=O) groups excluding carboxylic acids is 2. The summed E-state index contributed by atoms with van der Waals surface area (Å²) in [6.07, 6.45) is 0. The highest BCUT2D eigenvalue weighted by Crippen LogP contribution is 2.21. The second-order valence-corrected chi connectivity index (χ2v) is 5.21. The number of nitrogens with zero attached hydrogens (tertiary/aromatic N) is 1. The van der Waals surface area contributed by atoms with Crippen molar-refractivity contribution in [2.75, 3.05) is 7.11 Å². The van der Waals surface area contributed by atoms with Gasteiger partial charge in [0.1, 0.15) is 11.6 Å². The maximum Gasteiger partial charge on any atom is 0.333 e. The van der Waals surface area contributed by atoms with Crippen molar-refractivity contribution in [2.24, 2.45) is 0 Å². The molecule has 1 aromatic heterocycles. The Labute approximate surface area is 140 Å². The summed E-state index contributed by atoms with van der Waals surface area (Å²) >= 11 is 0. The third kappa shape index (κ3) is 3.18. The standard InChI is InChI=1S/C17H13F2N3O3/c1-25-17(24)15(10-7-6-9(18)8-12(10)19)20-16(23)14-11-4-2-3-5-13(11)21-22-14/h2-8,15H,1H3,(H,20,23)(H,21,22)/t15-/m0/s1. The average molecular weight is 345 g/mol. The first-order valence-electron chi connectivity index (χ1n) is 7.28. The lowest BCUT2D eigenvalue weighted by molar-refractivity contribution is -0.143. The maximum atomic E-state index is 14.0. The lowest BCUT2D eigenvalue weighted by Gasteiger charge is -2.17. The van der Waals surface area contributed by atoms with Gasteiger partial charge in [-0.15, -0.1) is 0 Å². The lowest BCUT2D eigenvalue weighted by atomic mass is 10.1. The van der Waals surface area contributed by atoms with Crippen LogP contribution in [0.15, 0.2) is 42.5 Å². The Hall–Kier alpha value is -3.29. The Kier molecular flexibility index (Phi) is 4.42. The predicted molar refractivity (Wildman–Crippen MR) is 84.7 cm³/mol. The van der Waals surface area contributed by atoms with Gasteiger partial charge in [-0.2, -0.15) is 5.10 Å². The molecule has 2 aromatic carbocycles. The quantitative estimate of drug-likeness (QED) is 0.712. The number of aromatic amines is 1. The van der Waals surface area contributed by atoms with Crippen LogP contribution in [-0.4, -0.2) is 29.2 Å². The van der Waals surface area contributed by atoms with E-state index in [2.05, 4.69) is 20.3 Å². The Morgan fingerprint density at radius 3 is 2.68 bits per heavy atom.